The Morgan fingerprint density at radius 2 is 0.731 bits per heavy atom. The van der Waals surface area contributed by atoms with Crippen molar-refractivity contribution in [1.82, 2.24) is 0 Å². The summed E-state index contributed by atoms with van der Waals surface area (Å²) in [6.07, 6.45) is 13.5. The number of aliphatic carboxylic acids is 3. The molecule has 1 atom stereocenters. The number of carbonyl (C=O) groups excluding carboxylic acids is 9. The minimum absolute atomic E-state index is 0. The molecule has 0 aliphatic heterocycles. The van der Waals surface area contributed by atoms with Gasteiger partial charge in [0.1, 0.15) is 35.3 Å². The molecule has 0 bridgehead atoms. The van der Waals surface area contributed by atoms with Gasteiger partial charge >= 0.3 is 19.5 Å². The van der Waals surface area contributed by atoms with E-state index >= 15 is 0 Å². The van der Waals surface area contributed by atoms with Gasteiger partial charge < -0.3 is 29.7 Å². The van der Waals surface area contributed by atoms with E-state index in [1.807, 2.05) is 0 Å². The quantitative estimate of drug-likeness (QED) is 0.0638. The van der Waals surface area contributed by atoms with E-state index in [-0.39, 0.29) is 19.5 Å². The Morgan fingerprint density at radius 1 is 0.463 bits per heavy atom. The van der Waals surface area contributed by atoms with Crippen LogP contribution < -0.4 is 36.5 Å². The number of hydrogen-bond donors (Lipinski definition) is 0. The molecular formula is C52H57O12P2Rh. The number of carbonyl (C=O) groups is 9. The van der Waals surface area contributed by atoms with Crippen LogP contribution in [-0.4, -0.2) is 64.4 Å². The predicted molar refractivity (Wildman–Crippen MR) is 254 cm³/mol. The van der Waals surface area contributed by atoms with Crippen molar-refractivity contribution in [3.8, 4) is 0 Å². The Morgan fingerprint density at radius 3 is 0.955 bits per heavy atom. The fourth-order valence-electron chi connectivity index (χ4n) is 5.83. The fraction of sp³-hybridized carbons (Fsp3) is 0.288. The maximum absolute atomic E-state index is 10.1. The van der Waals surface area contributed by atoms with Gasteiger partial charge in [-0.2, -0.15) is 0 Å². The van der Waals surface area contributed by atoms with Gasteiger partial charge in [-0.25, -0.2) is 0 Å². The summed E-state index contributed by atoms with van der Waals surface area (Å²) in [5.74, 6) is -9.70. The molecule has 67 heavy (non-hydrogen) atoms. The van der Waals surface area contributed by atoms with Crippen LogP contribution in [-0.2, 0) is 62.6 Å². The molecule has 0 radical (unpaired) electrons. The van der Waals surface area contributed by atoms with E-state index in [1.54, 1.807) is 0 Å². The molecular weight excluding hydrogens is 981 g/mol. The molecule has 0 aromatic heterocycles. The molecule has 12 nitrogen and oxygen atoms in total. The molecule has 0 amide bonds. The van der Waals surface area contributed by atoms with E-state index in [2.05, 4.69) is 159 Å². The summed E-state index contributed by atoms with van der Waals surface area (Å²) in [5, 5.41) is 34.8. The zero-order valence-corrected chi connectivity index (χ0v) is 41.7. The van der Waals surface area contributed by atoms with E-state index < -0.39 is 87.7 Å². The third kappa shape index (κ3) is 27.5. The van der Waals surface area contributed by atoms with E-state index in [1.165, 1.54) is 53.1 Å². The molecule has 4 aromatic rings. The number of ketones is 6. The van der Waals surface area contributed by atoms with Crippen molar-refractivity contribution in [1.29, 1.82) is 0 Å². The third-order valence-electron chi connectivity index (χ3n) is 8.96. The van der Waals surface area contributed by atoms with Crippen molar-refractivity contribution in [2.75, 3.05) is 6.16 Å². The first kappa shape index (κ1) is 61.3. The van der Waals surface area contributed by atoms with Gasteiger partial charge in [-0.3, -0.25) is 28.8 Å². The first-order valence-corrected chi connectivity index (χ1v) is 24.1. The monoisotopic (exact) mass is 1040 g/mol. The molecule has 5 rings (SSSR count). The maximum Gasteiger partial charge on any atom is 3.00 e. The van der Waals surface area contributed by atoms with Crippen molar-refractivity contribution in [3.63, 3.8) is 0 Å². The summed E-state index contributed by atoms with van der Waals surface area (Å²) in [4.78, 5) is 89.2. The minimum Gasteiger partial charge on any atom is -0.542 e. The molecule has 0 N–H and O–H groups in total. The second-order valence-electron chi connectivity index (χ2n) is 15.0. The second-order valence-corrected chi connectivity index (χ2v) is 19.7. The molecule has 0 fully saturated rings. The van der Waals surface area contributed by atoms with E-state index in [9.17, 15) is 58.5 Å². The molecule has 4 aromatic carbocycles. The van der Waals surface area contributed by atoms with Crippen LogP contribution in [0.25, 0.3) is 0 Å². The smallest absolute Gasteiger partial charge is 0.542 e. The summed E-state index contributed by atoms with van der Waals surface area (Å²) >= 11 is 0. The number of carboxylic acids is 3. The fourth-order valence-corrected chi connectivity index (χ4v) is 12.2. The molecule has 1 aliphatic carbocycles. The van der Waals surface area contributed by atoms with Gasteiger partial charge in [-0.1, -0.05) is 159 Å². The zero-order valence-electron chi connectivity index (χ0n) is 38.3. The van der Waals surface area contributed by atoms with Crippen LogP contribution in [0.5, 0.6) is 0 Å². The number of hydrogen-bond acceptors (Lipinski definition) is 12. The van der Waals surface area contributed by atoms with Gasteiger partial charge in [0, 0.05) is 0 Å². The van der Waals surface area contributed by atoms with Gasteiger partial charge in [-0.05, 0) is 101 Å². The minimum atomic E-state index is -1.80. The number of rotatable bonds is 17. The number of benzene rings is 4. The molecule has 0 saturated heterocycles. The first-order valence-electron chi connectivity index (χ1n) is 21.1. The van der Waals surface area contributed by atoms with Crippen molar-refractivity contribution >= 4 is 89.7 Å². The summed E-state index contributed by atoms with van der Waals surface area (Å²) < 4.78 is 0. The average molecular weight is 1040 g/mol. The van der Waals surface area contributed by atoms with Crippen molar-refractivity contribution in [2.24, 2.45) is 5.92 Å². The standard InChI is InChI=1S/C29H30P2.C8H12.3C5H6O4.Rh/c1-24(2)29(31(27-19-11-5-12-20-27)28-21-13-6-14-22-28)23-30(25-15-7-3-8-16-25)26-17-9-4-10-18-26;1-2-4-6-8-7-5-3-1;3*1-3(6)2-4(7)5(8)9;/h3-22,24,29H,23H2,1-2H3;1-4H,5-8H2;3*2H2,1H3,(H,8,9);/q;;;;;+3/p-3/t29-;;;;;/m1...../s1. The van der Waals surface area contributed by atoms with Crippen LogP contribution in [0.1, 0.15) is 79.6 Å². The normalized spacial score (nSPS) is 11.6. The summed E-state index contributed by atoms with van der Waals surface area (Å²) in [7, 11) is -0.870. The number of Topliss-reactive ketones (excluding diaryl/α,β-unsaturated/α-hetero) is 6. The zero-order chi connectivity index (χ0) is 49.4. The first-order chi connectivity index (χ1) is 31.3. The van der Waals surface area contributed by atoms with E-state index in [0.717, 1.165) is 20.8 Å². The molecule has 15 heteroatoms. The van der Waals surface area contributed by atoms with Gasteiger partial charge in [0.05, 0.1) is 19.3 Å². The third-order valence-corrected chi connectivity index (χ3v) is 15.0. The maximum atomic E-state index is 10.1. The largest absolute Gasteiger partial charge is 3.00 e. The van der Waals surface area contributed by atoms with Crippen LogP contribution >= 0.6 is 15.8 Å². The SMILES string of the molecule is C1=CCCCCC=C1.CC(=O)CC(=O)C(=O)[O-].CC(=O)CC(=O)C(=O)[O-].CC(=O)CC(=O)C(=O)[O-].CC(C)[C@@H](CP(c1ccccc1)c1ccccc1)P(c1ccccc1)c1ccccc1.[Rh+3]. The van der Waals surface area contributed by atoms with Crippen molar-refractivity contribution < 1.29 is 77.9 Å². The Bertz CT molecular complexity index is 2050. The van der Waals surface area contributed by atoms with Crippen LogP contribution in [0.2, 0.25) is 0 Å². The Hall–Kier alpha value is -5.73. The van der Waals surface area contributed by atoms with E-state index in [4.69, 9.17) is 0 Å². The van der Waals surface area contributed by atoms with Crippen LogP contribution in [0.4, 0.5) is 0 Å². The molecule has 0 unspecified atom stereocenters. The summed E-state index contributed by atoms with van der Waals surface area (Å²) in [6.45, 7) is 8.24. The molecule has 356 valence electrons. The molecule has 1 aliphatic rings. The van der Waals surface area contributed by atoms with Crippen LogP contribution in [0.15, 0.2) is 146 Å². The van der Waals surface area contributed by atoms with E-state index in [0.29, 0.717) is 11.6 Å². The Kier molecular flexibility index (Phi) is 32.4. The topological polar surface area (TPSA) is 223 Å². The van der Waals surface area contributed by atoms with Crippen molar-refractivity contribution in [3.05, 3.63) is 146 Å². The van der Waals surface area contributed by atoms with Gasteiger partial charge in [0.2, 0.25) is 0 Å². The van der Waals surface area contributed by atoms with Crippen LogP contribution in [0, 0.1) is 5.92 Å². The summed E-state index contributed by atoms with van der Waals surface area (Å²) in [5.41, 5.74) is 0.603. The Labute approximate surface area is 408 Å². The Balaban J connectivity index is 0.000000986. The van der Waals surface area contributed by atoms with Crippen molar-refractivity contribution in [2.45, 2.75) is 85.2 Å². The average Bonchev–Trinajstić information content (AvgIpc) is 3.26. The number of allylic oxidation sites excluding steroid dienone is 4. The second kappa shape index (κ2) is 35.5. The van der Waals surface area contributed by atoms with Crippen LogP contribution in [0.3, 0.4) is 0 Å². The van der Waals surface area contributed by atoms with Gasteiger partial charge in [-0.15, -0.1) is 0 Å². The van der Waals surface area contributed by atoms with Gasteiger partial charge in [0.25, 0.3) is 0 Å². The predicted octanol–water partition coefficient (Wildman–Crippen LogP) is 3.80. The molecule has 0 saturated carbocycles. The number of carboxylic acid groups (broad SMARTS) is 3. The summed E-state index contributed by atoms with van der Waals surface area (Å²) in [6, 6.07) is 44.7. The van der Waals surface area contributed by atoms with Gasteiger partial charge in [0.15, 0.2) is 17.3 Å². The molecule has 0 spiro atoms. The molecule has 0 heterocycles.